The van der Waals surface area contributed by atoms with E-state index in [-0.39, 0.29) is 11.7 Å². The zero-order valence-electron chi connectivity index (χ0n) is 22.5. The van der Waals surface area contributed by atoms with Gasteiger partial charge in [-0.3, -0.25) is 9.59 Å². The number of aliphatic hydroxyl groups excluding tert-OH is 1. The van der Waals surface area contributed by atoms with Crippen molar-refractivity contribution in [3.05, 3.63) is 47.5 Å². The Hall–Kier alpha value is -3.20. The van der Waals surface area contributed by atoms with Gasteiger partial charge in [0.2, 0.25) is 0 Å². The van der Waals surface area contributed by atoms with Crippen LogP contribution in [0.2, 0.25) is 0 Å². The van der Waals surface area contributed by atoms with Crippen LogP contribution in [-0.4, -0.2) is 48.1 Å². The number of rotatable bonds is 4. The Morgan fingerprint density at radius 3 is 2.50 bits per heavy atom. The van der Waals surface area contributed by atoms with Crippen LogP contribution < -0.4 is 0 Å². The molecule has 1 aromatic heterocycles. The van der Waals surface area contributed by atoms with Crippen molar-refractivity contribution in [1.82, 2.24) is 0 Å². The molecule has 2 saturated carbocycles. The van der Waals surface area contributed by atoms with Gasteiger partial charge in [-0.1, -0.05) is 33.8 Å². The van der Waals surface area contributed by atoms with Crippen molar-refractivity contribution in [2.75, 3.05) is 7.11 Å². The molecule has 38 heavy (non-hydrogen) atoms. The Balaban J connectivity index is 1.72. The van der Waals surface area contributed by atoms with Crippen LogP contribution in [0.1, 0.15) is 59.1 Å². The molecule has 5 rings (SSSR count). The summed E-state index contributed by atoms with van der Waals surface area (Å²) in [5.74, 6) is -4.24. The lowest BCUT2D eigenvalue weighted by Crippen LogP contribution is -2.68. The van der Waals surface area contributed by atoms with Crippen molar-refractivity contribution in [2.45, 2.75) is 65.8 Å². The summed E-state index contributed by atoms with van der Waals surface area (Å²) in [4.78, 5) is 52.0. The third-order valence-corrected chi connectivity index (χ3v) is 9.65. The van der Waals surface area contributed by atoms with Crippen LogP contribution in [0.3, 0.4) is 0 Å². The minimum Gasteiger partial charge on any atom is -0.472 e. The SMILES string of the molecule is COC(=O)C(O)C1C(C)(C)C(OC(C)=O)C2C=C3C4=CC(=O)OC(c5ccoc5)C4(C)CCC3C1(C)C2=O. The molecule has 2 bridgehead atoms. The van der Waals surface area contributed by atoms with Crippen LogP contribution in [0.15, 0.2) is 46.3 Å². The first-order valence-electron chi connectivity index (χ1n) is 12.9. The second kappa shape index (κ2) is 8.66. The molecule has 4 aliphatic rings. The fourth-order valence-electron chi connectivity index (χ4n) is 8.06. The van der Waals surface area contributed by atoms with E-state index in [1.54, 1.807) is 19.3 Å². The summed E-state index contributed by atoms with van der Waals surface area (Å²) < 4.78 is 21.7. The first kappa shape index (κ1) is 26.4. The molecule has 0 amide bonds. The molecule has 204 valence electrons. The molecule has 9 heteroatoms. The number of cyclic esters (lactones) is 1. The highest BCUT2D eigenvalue weighted by molar-refractivity contribution is 5.95. The number of Topliss-reactive ketones (excluding diaryl/α,β-unsaturated/α-hetero) is 1. The third kappa shape index (κ3) is 3.47. The van der Waals surface area contributed by atoms with Gasteiger partial charge in [-0.2, -0.15) is 0 Å². The third-order valence-electron chi connectivity index (χ3n) is 9.65. The summed E-state index contributed by atoms with van der Waals surface area (Å²) in [6, 6.07) is 1.77. The Morgan fingerprint density at radius 2 is 1.89 bits per heavy atom. The van der Waals surface area contributed by atoms with Gasteiger partial charge in [-0.05, 0) is 36.0 Å². The van der Waals surface area contributed by atoms with Crippen molar-refractivity contribution < 1.29 is 42.9 Å². The van der Waals surface area contributed by atoms with Crippen molar-refractivity contribution in [3.8, 4) is 0 Å². The summed E-state index contributed by atoms with van der Waals surface area (Å²) in [5, 5.41) is 11.3. The first-order valence-corrected chi connectivity index (χ1v) is 12.9. The fourth-order valence-corrected chi connectivity index (χ4v) is 8.06. The van der Waals surface area contributed by atoms with Crippen LogP contribution in [0, 0.1) is 34.0 Å². The van der Waals surface area contributed by atoms with Crippen LogP contribution in [-0.2, 0) is 33.4 Å². The number of allylic oxidation sites excluding steroid dienone is 1. The molecule has 9 nitrogen and oxygen atoms in total. The van der Waals surface area contributed by atoms with Crippen LogP contribution in [0.5, 0.6) is 0 Å². The van der Waals surface area contributed by atoms with Crippen molar-refractivity contribution in [2.24, 2.45) is 34.0 Å². The Bertz CT molecular complexity index is 1250. The maximum atomic E-state index is 14.2. The first-order chi connectivity index (χ1) is 17.8. The summed E-state index contributed by atoms with van der Waals surface area (Å²) in [6.45, 7) is 8.72. The van der Waals surface area contributed by atoms with Crippen molar-refractivity contribution in [1.29, 1.82) is 0 Å². The molecule has 2 heterocycles. The number of ether oxygens (including phenoxy) is 3. The zero-order valence-corrected chi connectivity index (χ0v) is 22.5. The van der Waals surface area contributed by atoms with Gasteiger partial charge in [0.1, 0.15) is 18.0 Å². The fraction of sp³-hybridized carbons (Fsp3) is 0.586. The largest absolute Gasteiger partial charge is 0.472 e. The van der Waals surface area contributed by atoms with Gasteiger partial charge < -0.3 is 23.7 Å². The molecule has 8 atom stereocenters. The number of furan rings is 1. The van der Waals surface area contributed by atoms with E-state index >= 15 is 0 Å². The van der Waals surface area contributed by atoms with E-state index in [0.717, 1.165) is 16.7 Å². The average molecular weight is 527 g/mol. The number of esters is 3. The smallest absolute Gasteiger partial charge is 0.335 e. The molecule has 0 aromatic carbocycles. The lowest BCUT2D eigenvalue weighted by Gasteiger charge is -2.63. The molecule has 0 saturated heterocycles. The summed E-state index contributed by atoms with van der Waals surface area (Å²) in [6.07, 6.45) is 4.43. The Kier molecular flexibility index (Phi) is 6.02. The van der Waals surface area contributed by atoms with E-state index < -0.39 is 64.3 Å². The van der Waals surface area contributed by atoms with Gasteiger partial charge in [0.05, 0.1) is 25.6 Å². The Labute approximate surface area is 221 Å². The van der Waals surface area contributed by atoms with E-state index in [1.165, 1.54) is 26.4 Å². The van der Waals surface area contributed by atoms with Crippen LogP contribution in [0.4, 0.5) is 0 Å². The van der Waals surface area contributed by atoms with Gasteiger partial charge in [0, 0.05) is 40.7 Å². The number of hydrogen-bond acceptors (Lipinski definition) is 9. The standard InChI is InChI=1S/C29H34O9/c1-14(30)37-25-17-11-16-18(29(5,23(17)33)22(27(25,2)3)21(32)26(34)35-6)7-9-28(4)19(16)12-20(31)38-24(28)15-8-10-36-13-15/h8,10-13,17-18,21-22,24-25,32H,7,9H2,1-6H3. The highest BCUT2D eigenvalue weighted by Crippen LogP contribution is 2.67. The lowest BCUT2D eigenvalue weighted by molar-refractivity contribution is -0.205. The molecular formula is C29H34O9. The number of fused-ring (bicyclic) bond motifs is 6. The summed E-state index contributed by atoms with van der Waals surface area (Å²) in [7, 11) is 1.19. The molecular weight excluding hydrogens is 492 g/mol. The topological polar surface area (TPSA) is 129 Å². The summed E-state index contributed by atoms with van der Waals surface area (Å²) >= 11 is 0. The predicted octanol–water partition coefficient (Wildman–Crippen LogP) is 3.47. The Morgan fingerprint density at radius 1 is 1.18 bits per heavy atom. The van der Waals surface area contributed by atoms with Gasteiger partial charge in [0.25, 0.3) is 0 Å². The maximum absolute atomic E-state index is 14.2. The molecule has 0 radical (unpaired) electrons. The number of hydrogen-bond donors (Lipinski definition) is 1. The highest BCUT2D eigenvalue weighted by atomic mass is 16.6. The van der Waals surface area contributed by atoms with Crippen molar-refractivity contribution in [3.63, 3.8) is 0 Å². The number of carbonyl (C=O) groups is 4. The average Bonchev–Trinajstić information content (AvgIpc) is 3.38. The molecule has 2 fully saturated rings. The predicted molar refractivity (Wildman–Crippen MR) is 132 cm³/mol. The lowest BCUT2D eigenvalue weighted by atomic mass is 9.41. The molecule has 1 N–H and O–H groups in total. The number of ketones is 1. The number of methoxy groups -OCH3 is 1. The second-order valence-corrected chi connectivity index (χ2v) is 12.0. The van der Waals surface area contributed by atoms with Gasteiger partial charge >= 0.3 is 17.9 Å². The van der Waals surface area contributed by atoms with Crippen LogP contribution in [0.25, 0.3) is 0 Å². The minimum absolute atomic E-state index is 0.196. The monoisotopic (exact) mass is 526 g/mol. The molecule has 1 aromatic rings. The van der Waals surface area contributed by atoms with Crippen LogP contribution >= 0.6 is 0 Å². The second-order valence-electron chi connectivity index (χ2n) is 12.0. The molecule has 1 aliphatic heterocycles. The number of carbonyl (C=O) groups excluding carboxylic acids is 4. The number of aliphatic hydroxyl groups is 1. The van der Waals surface area contributed by atoms with Crippen molar-refractivity contribution >= 4 is 23.7 Å². The molecule has 8 unspecified atom stereocenters. The van der Waals surface area contributed by atoms with Gasteiger partial charge in [-0.25, -0.2) is 9.59 Å². The normalized spacial score (nSPS) is 38.0. The van der Waals surface area contributed by atoms with E-state index in [1.807, 2.05) is 26.8 Å². The minimum atomic E-state index is -1.63. The van der Waals surface area contributed by atoms with E-state index in [0.29, 0.717) is 12.8 Å². The van der Waals surface area contributed by atoms with Gasteiger partial charge in [-0.15, -0.1) is 0 Å². The van der Waals surface area contributed by atoms with E-state index in [4.69, 9.17) is 18.6 Å². The maximum Gasteiger partial charge on any atom is 0.335 e. The summed E-state index contributed by atoms with van der Waals surface area (Å²) in [5.41, 5.74) is -0.472. The molecule has 3 aliphatic carbocycles. The zero-order chi connectivity index (χ0) is 27.8. The quantitative estimate of drug-likeness (QED) is 0.463. The van der Waals surface area contributed by atoms with Gasteiger partial charge in [0.15, 0.2) is 6.10 Å². The van der Waals surface area contributed by atoms with E-state index in [9.17, 15) is 24.3 Å². The van der Waals surface area contributed by atoms with E-state index in [2.05, 4.69) is 0 Å². The molecule has 0 spiro atoms. The highest BCUT2D eigenvalue weighted by Gasteiger charge is 2.70.